The van der Waals surface area contributed by atoms with Gasteiger partial charge in [-0.1, -0.05) is 30.3 Å². The lowest BCUT2D eigenvalue weighted by Gasteiger charge is -2.22. The predicted molar refractivity (Wildman–Crippen MR) is 79.6 cm³/mol. The minimum Gasteiger partial charge on any atom is -0.483 e. The van der Waals surface area contributed by atoms with E-state index in [0.29, 0.717) is 0 Å². The highest BCUT2D eigenvalue weighted by Crippen LogP contribution is 2.08. The number of carbonyl (C=O) groups excluding carboxylic acids is 1. The van der Waals surface area contributed by atoms with E-state index in [4.69, 9.17) is 19.7 Å². The Hall–Kier alpha value is -2.57. The lowest BCUT2D eigenvalue weighted by molar-refractivity contribution is -0.139. The topological polar surface area (TPSA) is 113 Å². The van der Waals surface area contributed by atoms with Gasteiger partial charge in [-0.2, -0.15) is 0 Å². The van der Waals surface area contributed by atoms with Gasteiger partial charge in [0.1, 0.15) is 11.6 Å². The third-order valence-electron chi connectivity index (χ3n) is 2.27. The molecule has 1 rings (SSSR count). The Kier molecular flexibility index (Phi) is 8.29. The zero-order valence-corrected chi connectivity index (χ0v) is 12.8. The molecule has 0 saturated heterocycles. The molecule has 0 spiro atoms. The van der Waals surface area contributed by atoms with Gasteiger partial charge in [0.25, 0.3) is 6.47 Å². The van der Waals surface area contributed by atoms with Crippen LogP contribution in [-0.2, 0) is 20.7 Å². The Balaban J connectivity index is 0.00000135. The van der Waals surface area contributed by atoms with E-state index in [-0.39, 0.29) is 12.9 Å². The number of carboxylic acid groups (broad SMARTS) is 2. The quantitative estimate of drug-likeness (QED) is 0.732. The fraction of sp³-hybridized carbons (Fsp3) is 0.400. The number of carbonyl (C=O) groups is 3. The van der Waals surface area contributed by atoms with E-state index >= 15 is 0 Å². The molecule has 1 amide bonds. The van der Waals surface area contributed by atoms with Gasteiger partial charge in [0.2, 0.25) is 0 Å². The van der Waals surface area contributed by atoms with Crippen LogP contribution in [0.4, 0.5) is 4.79 Å². The van der Waals surface area contributed by atoms with Crippen molar-refractivity contribution in [2.24, 2.45) is 0 Å². The number of amides is 1. The Morgan fingerprint density at radius 2 is 1.77 bits per heavy atom. The van der Waals surface area contributed by atoms with E-state index in [1.807, 2.05) is 30.3 Å². The van der Waals surface area contributed by atoms with Gasteiger partial charge in [-0.25, -0.2) is 9.59 Å². The molecule has 0 aromatic heterocycles. The number of nitrogens with one attached hydrogen (secondary N) is 1. The molecule has 22 heavy (non-hydrogen) atoms. The number of carboxylic acids is 1. The first-order chi connectivity index (χ1) is 10.2. The van der Waals surface area contributed by atoms with E-state index in [0.717, 1.165) is 5.56 Å². The predicted octanol–water partition coefficient (Wildman–Crippen LogP) is 1.91. The number of alkyl carbamates (subject to hydrolysis) is 1. The molecule has 7 nitrogen and oxygen atoms in total. The third-order valence-corrected chi connectivity index (χ3v) is 2.27. The second-order valence-electron chi connectivity index (χ2n) is 5.33. The summed E-state index contributed by atoms with van der Waals surface area (Å²) in [5.74, 6) is -1.09. The smallest absolute Gasteiger partial charge is 0.408 e. The van der Waals surface area contributed by atoms with Gasteiger partial charge in [-0.05, 0) is 26.3 Å². The summed E-state index contributed by atoms with van der Waals surface area (Å²) < 4.78 is 5.04. The maximum Gasteiger partial charge on any atom is 0.408 e. The molecule has 0 aliphatic heterocycles. The van der Waals surface area contributed by atoms with Gasteiger partial charge >= 0.3 is 12.1 Å². The molecule has 0 unspecified atom stereocenters. The number of hydrogen-bond acceptors (Lipinski definition) is 4. The van der Waals surface area contributed by atoms with E-state index in [2.05, 4.69) is 5.32 Å². The Morgan fingerprint density at radius 3 is 2.18 bits per heavy atom. The molecule has 0 aliphatic carbocycles. The van der Waals surface area contributed by atoms with Crippen LogP contribution >= 0.6 is 0 Å². The first kappa shape index (κ1) is 19.4. The monoisotopic (exact) mass is 311 g/mol. The van der Waals surface area contributed by atoms with Crippen LogP contribution in [0.3, 0.4) is 0 Å². The minimum atomic E-state index is -1.09. The number of aliphatic carboxylic acids is 1. The second kappa shape index (κ2) is 9.38. The molecule has 0 aliphatic rings. The fourth-order valence-corrected chi connectivity index (χ4v) is 1.50. The molecular weight excluding hydrogens is 290 g/mol. The van der Waals surface area contributed by atoms with Gasteiger partial charge in [-0.15, -0.1) is 0 Å². The van der Waals surface area contributed by atoms with E-state index in [9.17, 15) is 9.59 Å². The molecule has 0 bridgehead atoms. The lowest BCUT2D eigenvalue weighted by atomic mass is 10.1. The molecular formula is C15H21NO6. The van der Waals surface area contributed by atoms with Crippen molar-refractivity contribution in [3.8, 4) is 0 Å². The van der Waals surface area contributed by atoms with Crippen molar-refractivity contribution in [3.05, 3.63) is 35.9 Å². The molecule has 122 valence electrons. The standard InChI is InChI=1S/C14H19NO4.CH2O2/c1-14(2,3)19-13(18)15-11(12(16)17)9-10-7-5-4-6-8-10;2-1-3/h4-8,11H,9H2,1-3H3,(H,15,18)(H,16,17);1H,(H,2,3)/t11-;/m0./s1. The first-order valence-electron chi connectivity index (χ1n) is 6.53. The van der Waals surface area contributed by atoms with Crippen LogP contribution in [-0.4, -0.2) is 40.4 Å². The Morgan fingerprint density at radius 1 is 1.27 bits per heavy atom. The highest BCUT2D eigenvalue weighted by molar-refractivity contribution is 5.80. The van der Waals surface area contributed by atoms with Crippen molar-refractivity contribution in [2.45, 2.75) is 38.8 Å². The van der Waals surface area contributed by atoms with Gasteiger partial charge < -0.3 is 20.3 Å². The number of rotatable bonds is 4. The van der Waals surface area contributed by atoms with Gasteiger partial charge in [0.05, 0.1) is 0 Å². The summed E-state index contributed by atoms with van der Waals surface area (Å²) in [6, 6.07) is 8.11. The number of benzene rings is 1. The van der Waals surface area contributed by atoms with Gasteiger partial charge in [0, 0.05) is 6.42 Å². The maximum absolute atomic E-state index is 11.6. The highest BCUT2D eigenvalue weighted by Gasteiger charge is 2.23. The summed E-state index contributed by atoms with van der Waals surface area (Å²) in [7, 11) is 0. The average molecular weight is 311 g/mol. The summed E-state index contributed by atoms with van der Waals surface area (Å²) in [5.41, 5.74) is 0.186. The normalized spacial score (nSPS) is 11.4. The van der Waals surface area contributed by atoms with Crippen LogP contribution in [0.25, 0.3) is 0 Å². The summed E-state index contributed by atoms with van der Waals surface area (Å²) in [4.78, 5) is 31.1. The maximum atomic E-state index is 11.6. The van der Waals surface area contributed by atoms with Crippen molar-refractivity contribution in [2.75, 3.05) is 0 Å². The summed E-state index contributed by atoms with van der Waals surface area (Å²) in [6.07, 6.45) is -0.508. The third kappa shape index (κ3) is 9.35. The van der Waals surface area contributed by atoms with Crippen molar-refractivity contribution < 1.29 is 29.3 Å². The summed E-state index contributed by atoms with van der Waals surface area (Å²) >= 11 is 0. The zero-order valence-electron chi connectivity index (χ0n) is 12.8. The summed E-state index contributed by atoms with van der Waals surface area (Å²) in [6.45, 7) is 4.92. The van der Waals surface area contributed by atoms with Crippen molar-refractivity contribution in [3.63, 3.8) is 0 Å². The van der Waals surface area contributed by atoms with Crippen LogP contribution < -0.4 is 5.32 Å². The largest absolute Gasteiger partial charge is 0.483 e. The van der Waals surface area contributed by atoms with E-state index in [1.54, 1.807) is 20.8 Å². The molecule has 0 heterocycles. The molecule has 1 aromatic carbocycles. The SMILES string of the molecule is CC(C)(C)OC(=O)N[C@@H](Cc1ccccc1)C(=O)O.O=CO. The molecule has 3 N–H and O–H groups in total. The Labute approximate surface area is 128 Å². The van der Waals surface area contributed by atoms with Gasteiger partial charge in [-0.3, -0.25) is 4.79 Å². The van der Waals surface area contributed by atoms with Crippen LogP contribution in [0.2, 0.25) is 0 Å². The van der Waals surface area contributed by atoms with Crippen LogP contribution in [0.5, 0.6) is 0 Å². The molecule has 1 aromatic rings. The highest BCUT2D eigenvalue weighted by atomic mass is 16.6. The van der Waals surface area contributed by atoms with E-state index in [1.165, 1.54) is 0 Å². The number of hydrogen-bond donors (Lipinski definition) is 3. The van der Waals surface area contributed by atoms with Crippen LogP contribution in [0.15, 0.2) is 30.3 Å². The zero-order chi connectivity index (χ0) is 17.2. The molecule has 0 radical (unpaired) electrons. The Bertz CT molecular complexity index is 481. The van der Waals surface area contributed by atoms with Crippen LogP contribution in [0, 0.1) is 0 Å². The van der Waals surface area contributed by atoms with E-state index < -0.39 is 23.7 Å². The van der Waals surface area contributed by atoms with Crippen LogP contribution in [0.1, 0.15) is 26.3 Å². The lowest BCUT2D eigenvalue weighted by Crippen LogP contribution is -2.44. The second-order valence-corrected chi connectivity index (χ2v) is 5.33. The number of ether oxygens (including phenoxy) is 1. The first-order valence-corrected chi connectivity index (χ1v) is 6.53. The molecule has 7 heteroatoms. The van der Waals surface area contributed by atoms with Gasteiger partial charge in [0.15, 0.2) is 0 Å². The summed E-state index contributed by atoms with van der Waals surface area (Å²) in [5, 5.41) is 18.4. The van der Waals surface area contributed by atoms with Crippen molar-refractivity contribution in [1.29, 1.82) is 0 Å². The fourth-order valence-electron chi connectivity index (χ4n) is 1.50. The minimum absolute atomic E-state index is 0.218. The van der Waals surface area contributed by atoms with Crippen molar-refractivity contribution >= 4 is 18.5 Å². The van der Waals surface area contributed by atoms with Crippen molar-refractivity contribution in [1.82, 2.24) is 5.32 Å². The average Bonchev–Trinajstić information content (AvgIpc) is 2.37. The molecule has 1 atom stereocenters. The molecule has 0 saturated carbocycles. The molecule has 0 fully saturated rings.